The van der Waals surface area contributed by atoms with Crippen LogP contribution in [0, 0.1) is 16.0 Å². The van der Waals surface area contributed by atoms with Crippen LogP contribution in [0.25, 0.3) is 0 Å². The van der Waals surface area contributed by atoms with E-state index in [2.05, 4.69) is 10.1 Å². The summed E-state index contributed by atoms with van der Waals surface area (Å²) in [4.78, 5) is 46.2. The van der Waals surface area contributed by atoms with Crippen LogP contribution in [-0.2, 0) is 19.1 Å². The molecule has 0 aromatic heterocycles. The minimum atomic E-state index is -0.917. The van der Waals surface area contributed by atoms with Crippen LogP contribution < -0.4 is 10.1 Å². The number of esters is 2. The Kier molecular flexibility index (Phi) is 8.86. The summed E-state index contributed by atoms with van der Waals surface area (Å²) in [7, 11) is 1.21. The molecule has 0 spiro atoms. The van der Waals surface area contributed by atoms with Crippen molar-refractivity contribution in [2.24, 2.45) is 5.92 Å². The van der Waals surface area contributed by atoms with E-state index >= 15 is 0 Å². The number of nitrogens with zero attached hydrogens (tertiary/aromatic N) is 1. The monoisotopic (exact) mass is 396 g/mol. The first-order valence-corrected chi connectivity index (χ1v) is 8.65. The number of carbonyl (C=O) groups is 3. The van der Waals surface area contributed by atoms with Gasteiger partial charge in [-0.25, -0.2) is 9.59 Å². The van der Waals surface area contributed by atoms with Crippen LogP contribution in [0.5, 0.6) is 5.75 Å². The lowest BCUT2D eigenvalue weighted by atomic mass is 10.0. The van der Waals surface area contributed by atoms with Crippen LogP contribution in [0.1, 0.15) is 37.6 Å². The second-order valence-electron chi connectivity index (χ2n) is 6.22. The highest BCUT2D eigenvalue weighted by Crippen LogP contribution is 2.28. The maximum absolute atomic E-state index is 12.1. The Balaban J connectivity index is 2.75. The first-order chi connectivity index (χ1) is 13.2. The van der Waals surface area contributed by atoms with Crippen LogP contribution in [0.2, 0.25) is 0 Å². The maximum Gasteiger partial charge on any atom is 0.338 e. The summed E-state index contributed by atoms with van der Waals surface area (Å²) in [5.41, 5.74) is -0.488. The largest absolute Gasteiger partial charge is 0.487 e. The molecule has 28 heavy (non-hydrogen) atoms. The van der Waals surface area contributed by atoms with E-state index in [0.717, 1.165) is 6.07 Å². The molecule has 154 valence electrons. The third-order valence-electron chi connectivity index (χ3n) is 3.55. The van der Waals surface area contributed by atoms with Crippen LogP contribution >= 0.6 is 0 Å². The smallest absolute Gasteiger partial charge is 0.338 e. The number of benzene rings is 1. The molecule has 0 aliphatic carbocycles. The summed E-state index contributed by atoms with van der Waals surface area (Å²) < 4.78 is 14.7. The van der Waals surface area contributed by atoms with Gasteiger partial charge >= 0.3 is 17.6 Å². The number of nitro benzene ring substituents is 1. The predicted molar refractivity (Wildman–Crippen MR) is 97.9 cm³/mol. The standard InChI is InChI=1S/C18H24N2O8/c1-5-27-15-7-6-12(9-14(15)20(24)25)17(22)28-10-16(21)19-13(8-11(2)3)18(23)26-4/h6-7,9,11,13H,5,8,10H2,1-4H3,(H,19,21)/t13-/m1/s1. The molecule has 0 aliphatic rings. The van der Waals surface area contributed by atoms with Gasteiger partial charge in [-0.3, -0.25) is 14.9 Å². The highest BCUT2D eigenvalue weighted by atomic mass is 16.6. The molecular weight excluding hydrogens is 372 g/mol. The second kappa shape index (κ2) is 10.9. The van der Waals surface area contributed by atoms with E-state index in [1.165, 1.54) is 19.2 Å². The SMILES string of the molecule is CCOc1ccc(C(=O)OCC(=O)N[C@H](CC(C)C)C(=O)OC)cc1[N+](=O)[O-]. The van der Waals surface area contributed by atoms with Crippen molar-refractivity contribution < 1.29 is 33.5 Å². The van der Waals surface area contributed by atoms with E-state index in [1.807, 2.05) is 13.8 Å². The molecule has 1 aromatic rings. The molecule has 1 atom stereocenters. The normalized spacial score (nSPS) is 11.5. The molecule has 0 aliphatic heterocycles. The average Bonchev–Trinajstić information content (AvgIpc) is 2.64. The fraction of sp³-hybridized carbons (Fsp3) is 0.500. The molecule has 10 nitrogen and oxygen atoms in total. The first kappa shape index (κ1) is 22.9. The Bertz CT molecular complexity index is 732. The summed E-state index contributed by atoms with van der Waals surface area (Å²) in [6.45, 7) is 5.00. The van der Waals surface area contributed by atoms with Crippen molar-refractivity contribution in [1.82, 2.24) is 5.32 Å². The number of hydrogen-bond acceptors (Lipinski definition) is 8. The van der Waals surface area contributed by atoms with Gasteiger partial charge in [0.25, 0.3) is 5.91 Å². The first-order valence-electron chi connectivity index (χ1n) is 8.65. The van der Waals surface area contributed by atoms with Crippen molar-refractivity contribution in [3.05, 3.63) is 33.9 Å². The van der Waals surface area contributed by atoms with Crippen molar-refractivity contribution in [3.8, 4) is 5.75 Å². The van der Waals surface area contributed by atoms with E-state index in [4.69, 9.17) is 9.47 Å². The Labute approximate surface area is 162 Å². The predicted octanol–water partition coefficient (Wildman–Crippen LogP) is 1.85. The van der Waals surface area contributed by atoms with E-state index in [1.54, 1.807) is 6.92 Å². The highest BCUT2D eigenvalue weighted by Gasteiger charge is 2.24. The summed E-state index contributed by atoms with van der Waals surface area (Å²) >= 11 is 0. The summed E-state index contributed by atoms with van der Waals surface area (Å²) in [6.07, 6.45) is 0.359. The lowest BCUT2D eigenvalue weighted by Gasteiger charge is -2.18. The lowest BCUT2D eigenvalue weighted by molar-refractivity contribution is -0.385. The zero-order valence-electron chi connectivity index (χ0n) is 16.2. The average molecular weight is 396 g/mol. The molecule has 0 fully saturated rings. The molecule has 0 radical (unpaired) electrons. The Hall–Kier alpha value is -3.17. The zero-order valence-corrected chi connectivity index (χ0v) is 16.2. The molecule has 0 unspecified atom stereocenters. The fourth-order valence-corrected chi connectivity index (χ4v) is 2.34. The van der Waals surface area contributed by atoms with Crippen molar-refractivity contribution in [3.63, 3.8) is 0 Å². The van der Waals surface area contributed by atoms with Crippen LogP contribution in [0.15, 0.2) is 18.2 Å². The highest BCUT2D eigenvalue weighted by molar-refractivity contribution is 5.93. The number of amides is 1. The fourth-order valence-electron chi connectivity index (χ4n) is 2.34. The number of methoxy groups -OCH3 is 1. The molecule has 0 bridgehead atoms. The summed E-state index contributed by atoms with van der Waals surface area (Å²) in [5.74, 6) is -2.06. The van der Waals surface area contributed by atoms with Gasteiger partial charge in [0.1, 0.15) is 6.04 Å². The number of rotatable bonds is 10. The van der Waals surface area contributed by atoms with Gasteiger partial charge in [0.05, 0.1) is 24.2 Å². The Morgan fingerprint density at radius 3 is 2.46 bits per heavy atom. The number of nitrogens with one attached hydrogen (secondary N) is 1. The third kappa shape index (κ3) is 6.86. The molecule has 0 heterocycles. The van der Waals surface area contributed by atoms with Crippen molar-refractivity contribution in [2.45, 2.75) is 33.2 Å². The second-order valence-corrected chi connectivity index (χ2v) is 6.22. The molecule has 0 saturated heterocycles. The zero-order chi connectivity index (χ0) is 21.3. The van der Waals surface area contributed by atoms with Crippen molar-refractivity contribution in [1.29, 1.82) is 0 Å². The Morgan fingerprint density at radius 1 is 1.25 bits per heavy atom. The van der Waals surface area contributed by atoms with Crippen molar-refractivity contribution >= 4 is 23.5 Å². The molecule has 10 heteroatoms. The van der Waals surface area contributed by atoms with E-state index < -0.39 is 35.4 Å². The van der Waals surface area contributed by atoms with E-state index in [0.29, 0.717) is 6.42 Å². The van der Waals surface area contributed by atoms with Gasteiger partial charge in [0.15, 0.2) is 12.4 Å². The minimum absolute atomic E-state index is 0.0244. The number of carbonyl (C=O) groups excluding carboxylic acids is 3. The molecule has 0 saturated carbocycles. The number of ether oxygens (including phenoxy) is 3. The molecular formula is C18H24N2O8. The van der Waals surface area contributed by atoms with Crippen LogP contribution in [0.3, 0.4) is 0 Å². The lowest BCUT2D eigenvalue weighted by Crippen LogP contribution is -2.44. The van der Waals surface area contributed by atoms with Gasteiger partial charge in [-0.05, 0) is 31.4 Å². The van der Waals surface area contributed by atoms with Gasteiger partial charge in [-0.1, -0.05) is 13.8 Å². The van der Waals surface area contributed by atoms with Crippen LogP contribution in [-0.4, -0.2) is 49.1 Å². The quantitative estimate of drug-likeness (QED) is 0.360. The van der Waals surface area contributed by atoms with Gasteiger partial charge < -0.3 is 19.5 Å². The van der Waals surface area contributed by atoms with Gasteiger partial charge in [-0.15, -0.1) is 0 Å². The van der Waals surface area contributed by atoms with E-state index in [-0.39, 0.29) is 29.5 Å². The molecule has 1 N–H and O–H groups in total. The molecule has 1 rings (SSSR count). The topological polar surface area (TPSA) is 134 Å². The minimum Gasteiger partial charge on any atom is -0.487 e. The van der Waals surface area contributed by atoms with Gasteiger partial charge in [-0.2, -0.15) is 0 Å². The van der Waals surface area contributed by atoms with Gasteiger partial charge in [0, 0.05) is 6.07 Å². The van der Waals surface area contributed by atoms with Crippen molar-refractivity contribution in [2.75, 3.05) is 20.3 Å². The summed E-state index contributed by atoms with van der Waals surface area (Å²) in [6, 6.07) is 2.74. The third-order valence-corrected chi connectivity index (χ3v) is 3.55. The molecule has 1 amide bonds. The molecule has 1 aromatic carbocycles. The maximum atomic E-state index is 12.1. The summed E-state index contributed by atoms with van der Waals surface area (Å²) in [5, 5.41) is 13.5. The number of hydrogen-bond donors (Lipinski definition) is 1. The van der Waals surface area contributed by atoms with Crippen LogP contribution in [0.4, 0.5) is 5.69 Å². The number of nitro groups is 1. The van der Waals surface area contributed by atoms with Gasteiger partial charge in [0.2, 0.25) is 0 Å². The van der Waals surface area contributed by atoms with E-state index in [9.17, 15) is 24.5 Å². The Morgan fingerprint density at radius 2 is 1.93 bits per heavy atom.